The van der Waals surface area contributed by atoms with Gasteiger partial charge >= 0.3 is 6.18 Å². The van der Waals surface area contributed by atoms with Crippen molar-refractivity contribution in [3.05, 3.63) is 70.0 Å². The molecule has 0 saturated carbocycles. The number of hydrogen-bond donors (Lipinski definition) is 2. The number of hydrogen-bond acceptors (Lipinski definition) is 8. The second-order valence-corrected chi connectivity index (χ2v) is 11.0. The van der Waals surface area contributed by atoms with Crippen LogP contribution in [0.15, 0.2) is 48.7 Å². The van der Waals surface area contributed by atoms with Crippen molar-refractivity contribution < 1.29 is 22.7 Å². The summed E-state index contributed by atoms with van der Waals surface area (Å²) in [7, 11) is 3.53. The number of nitrogens with two attached hydrogens (primary N) is 1. The van der Waals surface area contributed by atoms with E-state index in [4.69, 9.17) is 33.7 Å². The molecule has 1 amide bonds. The quantitative estimate of drug-likeness (QED) is 0.259. The summed E-state index contributed by atoms with van der Waals surface area (Å²) in [5, 5.41) is 7.52. The third-order valence-corrected chi connectivity index (χ3v) is 7.85. The number of nitrogens with one attached hydrogen (secondary N) is 1. The van der Waals surface area contributed by atoms with E-state index in [1.165, 1.54) is 12.1 Å². The van der Waals surface area contributed by atoms with Gasteiger partial charge in [0.2, 0.25) is 5.91 Å². The van der Waals surface area contributed by atoms with Gasteiger partial charge in [-0.3, -0.25) is 4.79 Å². The fraction of sp³-hybridized carbons (Fsp3) is 0.321. The molecule has 0 atom stereocenters. The van der Waals surface area contributed by atoms with Crippen molar-refractivity contribution >= 4 is 57.6 Å². The van der Waals surface area contributed by atoms with Crippen LogP contribution in [0.3, 0.4) is 0 Å². The third kappa shape index (κ3) is 6.84. The summed E-state index contributed by atoms with van der Waals surface area (Å²) in [5.74, 6) is 0.486. The number of piperazine rings is 1. The van der Waals surface area contributed by atoms with Gasteiger partial charge in [0.15, 0.2) is 17.2 Å². The molecular formula is C28H29Cl2F3N8O2. The number of fused-ring (bicyclic) bond motifs is 1. The number of likely N-dealkylation sites (N-methyl/N-ethyl adjacent to an activating group) is 1. The van der Waals surface area contributed by atoms with Crippen LogP contribution < -0.4 is 25.6 Å². The minimum atomic E-state index is -4.70. The molecule has 1 fully saturated rings. The largest absolute Gasteiger partial charge is 0.497 e. The average Bonchev–Trinajstić information content (AvgIpc) is 3.41. The summed E-state index contributed by atoms with van der Waals surface area (Å²) < 4.78 is 48.2. The molecule has 10 nitrogen and oxygen atoms in total. The number of imidazole rings is 1. The number of nitrogen functional groups attached to an aromatic ring is 1. The standard InChI is InChI=1S/C28H29Cl2F3N8O2/c1-38-7-9-39(10-8-38)25-13-23(27-35-14-24(28(31,32)33)41(27)37-25)40(15-17-3-5-18(43-2)6-4-17)16-26(42)36-22-12-20(30)19(29)11-21(22)34/h3-6,11-14H,7-10,15-16,34H2,1-2H3,(H,36,42). The number of benzene rings is 2. The SMILES string of the molecule is COc1ccc(CN(CC(=O)Nc2cc(Cl)c(Cl)cc2N)c2cc(N3CCN(C)CC3)nn3c(C(F)(F)F)cnc23)cc1. The zero-order valence-electron chi connectivity index (χ0n) is 23.3. The van der Waals surface area contributed by atoms with E-state index in [0.29, 0.717) is 43.4 Å². The van der Waals surface area contributed by atoms with Crippen molar-refractivity contribution in [1.29, 1.82) is 0 Å². The summed E-state index contributed by atoms with van der Waals surface area (Å²) in [4.78, 5) is 23.2. The van der Waals surface area contributed by atoms with Crippen LogP contribution in [0.5, 0.6) is 5.75 Å². The maximum atomic E-state index is 14.0. The van der Waals surface area contributed by atoms with Gasteiger partial charge in [-0.2, -0.15) is 13.2 Å². The molecular weight excluding hydrogens is 608 g/mol. The number of nitrogens with zero attached hydrogens (tertiary/aromatic N) is 6. The number of ether oxygens (including phenoxy) is 1. The molecule has 2 aromatic carbocycles. The van der Waals surface area contributed by atoms with E-state index in [1.807, 2.05) is 24.1 Å². The highest BCUT2D eigenvalue weighted by Crippen LogP contribution is 2.35. The van der Waals surface area contributed by atoms with E-state index < -0.39 is 17.8 Å². The van der Waals surface area contributed by atoms with E-state index in [1.54, 1.807) is 30.2 Å². The lowest BCUT2D eigenvalue weighted by Crippen LogP contribution is -2.45. The lowest BCUT2D eigenvalue weighted by atomic mass is 10.2. The normalized spacial score (nSPS) is 14.3. The Morgan fingerprint density at radius 2 is 1.77 bits per heavy atom. The highest BCUT2D eigenvalue weighted by Gasteiger charge is 2.36. The summed E-state index contributed by atoms with van der Waals surface area (Å²) >= 11 is 12.2. The number of alkyl halides is 3. The van der Waals surface area contributed by atoms with Gasteiger partial charge in [-0.25, -0.2) is 9.50 Å². The van der Waals surface area contributed by atoms with Crippen molar-refractivity contribution in [2.24, 2.45) is 0 Å². The Kier molecular flexibility index (Phi) is 8.76. The Hall–Kier alpha value is -3.94. The van der Waals surface area contributed by atoms with Crippen LogP contribution in [0.1, 0.15) is 11.3 Å². The molecule has 2 aromatic heterocycles. The van der Waals surface area contributed by atoms with Crippen LogP contribution in [-0.2, 0) is 17.5 Å². The molecule has 228 valence electrons. The predicted octanol–water partition coefficient (Wildman–Crippen LogP) is 5.04. The Balaban J connectivity index is 1.58. The van der Waals surface area contributed by atoms with Crippen LogP contribution in [-0.4, -0.2) is 72.3 Å². The number of amides is 1. The van der Waals surface area contributed by atoms with Crippen LogP contribution in [0.4, 0.5) is 36.1 Å². The average molecular weight is 637 g/mol. The molecule has 15 heteroatoms. The van der Waals surface area contributed by atoms with Crippen molar-refractivity contribution in [3.63, 3.8) is 0 Å². The number of aromatic nitrogens is 3. The Bertz CT molecular complexity index is 1620. The maximum absolute atomic E-state index is 14.0. The Morgan fingerprint density at radius 3 is 2.42 bits per heavy atom. The second kappa shape index (κ2) is 12.3. The highest BCUT2D eigenvalue weighted by molar-refractivity contribution is 6.42. The lowest BCUT2D eigenvalue weighted by Gasteiger charge is -2.34. The predicted molar refractivity (Wildman–Crippen MR) is 161 cm³/mol. The van der Waals surface area contributed by atoms with Crippen LogP contribution in [0, 0.1) is 0 Å². The molecule has 0 bridgehead atoms. The smallest absolute Gasteiger partial charge is 0.435 e. The van der Waals surface area contributed by atoms with Gasteiger partial charge in [0, 0.05) is 38.8 Å². The molecule has 5 rings (SSSR count). The molecule has 1 aliphatic rings. The minimum Gasteiger partial charge on any atom is -0.497 e. The topological polar surface area (TPSA) is 104 Å². The first kappa shape index (κ1) is 30.5. The molecule has 1 aliphatic heterocycles. The monoisotopic (exact) mass is 636 g/mol. The minimum absolute atomic E-state index is 0.0411. The second-order valence-electron chi connectivity index (χ2n) is 10.2. The zero-order chi connectivity index (χ0) is 30.9. The lowest BCUT2D eigenvalue weighted by molar-refractivity contribution is -0.142. The highest BCUT2D eigenvalue weighted by atomic mass is 35.5. The first-order valence-electron chi connectivity index (χ1n) is 13.2. The molecule has 4 aromatic rings. The van der Waals surface area contributed by atoms with Crippen molar-refractivity contribution in [2.75, 3.05) is 67.7 Å². The van der Waals surface area contributed by atoms with Gasteiger partial charge in [0.25, 0.3) is 0 Å². The molecule has 0 unspecified atom stereocenters. The first-order chi connectivity index (χ1) is 20.4. The molecule has 0 spiro atoms. The van der Waals surface area contributed by atoms with Crippen molar-refractivity contribution in [3.8, 4) is 5.75 Å². The number of halogens is 5. The summed E-state index contributed by atoms with van der Waals surface area (Å²) in [6.45, 7) is 2.47. The van der Waals surface area contributed by atoms with Crippen LogP contribution in [0.25, 0.3) is 5.65 Å². The molecule has 0 radical (unpaired) electrons. The van der Waals surface area contributed by atoms with E-state index >= 15 is 0 Å². The van der Waals surface area contributed by atoms with Gasteiger partial charge in [-0.1, -0.05) is 35.3 Å². The zero-order valence-corrected chi connectivity index (χ0v) is 24.8. The molecule has 1 saturated heterocycles. The Morgan fingerprint density at radius 1 is 1.09 bits per heavy atom. The third-order valence-electron chi connectivity index (χ3n) is 7.13. The van der Waals surface area contributed by atoms with E-state index in [0.717, 1.165) is 16.3 Å². The van der Waals surface area contributed by atoms with Crippen molar-refractivity contribution in [2.45, 2.75) is 12.7 Å². The fourth-order valence-electron chi connectivity index (χ4n) is 4.77. The number of rotatable bonds is 8. The maximum Gasteiger partial charge on any atom is 0.435 e. The molecule has 3 N–H and O–H groups in total. The van der Waals surface area contributed by atoms with Gasteiger partial charge in [0.1, 0.15) is 5.75 Å². The van der Waals surface area contributed by atoms with Gasteiger partial charge < -0.3 is 30.5 Å². The van der Waals surface area contributed by atoms with Gasteiger partial charge in [-0.05, 0) is 36.9 Å². The number of carbonyl (C=O) groups is 1. The van der Waals surface area contributed by atoms with Crippen LogP contribution in [0.2, 0.25) is 10.0 Å². The van der Waals surface area contributed by atoms with Crippen LogP contribution >= 0.6 is 23.2 Å². The van der Waals surface area contributed by atoms with E-state index in [9.17, 15) is 18.0 Å². The van der Waals surface area contributed by atoms with Gasteiger partial charge in [-0.15, -0.1) is 5.10 Å². The Labute approximate surface area is 255 Å². The number of carbonyl (C=O) groups excluding carboxylic acids is 1. The summed E-state index contributed by atoms with van der Waals surface area (Å²) in [6.07, 6.45) is -3.95. The van der Waals surface area contributed by atoms with Gasteiger partial charge in [0.05, 0.1) is 47.0 Å². The number of anilines is 4. The summed E-state index contributed by atoms with van der Waals surface area (Å²) in [6, 6.07) is 11.7. The molecule has 0 aliphatic carbocycles. The summed E-state index contributed by atoms with van der Waals surface area (Å²) in [5.41, 5.74) is 6.52. The molecule has 43 heavy (non-hydrogen) atoms. The molecule has 3 heterocycles. The first-order valence-corrected chi connectivity index (χ1v) is 14.0. The van der Waals surface area contributed by atoms with E-state index in [2.05, 4.69) is 20.3 Å². The number of methoxy groups -OCH3 is 1. The fourth-order valence-corrected chi connectivity index (χ4v) is 5.10. The van der Waals surface area contributed by atoms with Crippen molar-refractivity contribution in [1.82, 2.24) is 19.5 Å². The van der Waals surface area contributed by atoms with E-state index in [-0.39, 0.29) is 40.2 Å².